The average Bonchev–Trinajstić information content (AvgIpc) is 2.67. The highest BCUT2D eigenvalue weighted by atomic mass is 19.4. The third-order valence-corrected chi connectivity index (χ3v) is 3.42. The first-order chi connectivity index (χ1) is 10.0. The highest BCUT2D eigenvalue weighted by molar-refractivity contribution is 5.95. The van der Waals surface area contributed by atoms with Crippen LogP contribution < -0.4 is 5.32 Å². The summed E-state index contributed by atoms with van der Waals surface area (Å²) >= 11 is 0. The minimum atomic E-state index is -4.42. The summed E-state index contributed by atoms with van der Waals surface area (Å²) in [7, 11) is 0. The van der Waals surface area contributed by atoms with Crippen molar-refractivity contribution in [3.63, 3.8) is 0 Å². The molecule has 1 aliphatic rings. The Balaban J connectivity index is 2.06. The molecule has 0 saturated carbocycles. The molecular weight excluding hydrogens is 277 g/mol. The van der Waals surface area contributed by atoms with Gasteiger partial charge in [0.1, 0.15) is 5.71 Å². The van der Waals surface area contributed by atoms with Crippen molar-refractivity contribution in [1.29, 1.82) is 0 Å². The normalized spacial score (nSPS) is 18.2. The maximum absolute atomic E-state index is 13.1. The van der Waals surface area contributed by atoms with Gasteiger partial charge >= 0.3 is 6.18 Å². The van der Waals surface area contributed by atoms with Crippen molar-refractivity contribution in [3.8, 4) is 0 Å². The molecule has 0 saturated heterocycles. The van der Waals surface area contributed by atoms with E-state index < -0.39 is 17.9 Å². The lowest BCUT2D eigenvalue weighted by molar-refractivity contribution is -0.0606. The second kappa shape index (κ2) is 5.24. The van der Waals surface area contributed by atoms with Gasteiger partial charge in [-0.25, -0.2) is 4.99 Å². The molecule has 0 unspecified atom stereocenters. The zero-order chi connectivity index (χ0) is 14.9. The molecule has 0 radical (unpaired) electrons. The molecule has 0 aliphatic carbocycles. The zero-order valence-corrected chi connectivity index (χ0v) is 11.1. The van der Waals surface area contributed by atoms with E-state index >= 15 is 0 Å². The number of nitrogens with one attached hydrogen (secondary N) is 1. The number of aliphatic imine (C=N–C) groups is 1. The lowest BCUT2D eigenvalue weighted by Gasteiger charge is -2.19. The summed E-state index contributed by atoms with van der Waals surface area (Å²) in [4.78, 5) is 3.82. The molecule has 1 atom stereocenters. The largest absolute Gasteiger partial charge is 0.429 e. The van der Waals surface area contributed by atoms with Crippen LogP contribution in [0.4, 0.5) is 24.5 Å². The lowest BCUT2D eigenvalue weighted by atomic mass is 10.0. The number of alkyl halides is 3. The molecule has 2 aromatic rings. The number of hydrogen-bond donors (Lipinski definition) is 1. The van der Waals surface area contributed by atoms with Gasteiger partial charge in [-0.3, -0.25) is 0 Å². The van der Waals surface area contributed by atoms with Crippen molar-refractivity contribution in [2.75, 3.05) is 5.32 Å². The summed E-state index contributed by atoms with van der Waals surface area (Å²) in [6, 6.07) is 15.5. The Kier molecular flexibility index (Phi) is 3.41. The fraction of sp³-hybridized carbons (Fsp3) is 0.188. The first kappa shape index (κ1) is 13.7. The van der Waals surface area contributed by atoms with Crippen molar-refractivity contribution in [2.45, 2.75) is 18.6 Å². The fourth-order valence-electron chi connectivity index (χ4n) is 2.38. The highest BCUT2D eigenvalue weighted by Gasteiger charge is 2.38. The smallest absolute Gasteiger partial charge is 0.376 e. The van der Waals surface area contributed by atoms with E-state index in [1.54, 1.807) is 24.3 Å². The Morgan fingerprint density at radius 1 is 0.952 bits per heavy atom. The molecule has 0 fully saturated rings. The van der Waals surface area contributed by atoms with Crippen LogP contribution in [0.15, 0.2) is 59.6 Å². The summed E-state index contributed by atoms with van der Waals surface area (Å²) in [6.45, 7) is 0. The quantitative estimate of drug-likeness (QED) is 0.795. The topological polar surface area (TPSA) is 24.4 Å². The molecule has 5 heteroatoms. The molecule has 0 amide bonds. The minimum absolute atomic E-state index is 0.192. The van der Waals surface area contributed by atoms with Gasteiger partial charge in [0.05, 0.1) is 17.4 Å². The number of para-hydroxylation sites is 2. The molecule has 0 spiro atoms. The molecule has 2 nitrogen and oxygen atoms in total. The van der Waals surface area contributed by atoms with Crippen LogP contribution in [-0.2, 0) is 0 Å². The van der Waals surface area contributed by atoms with Crippen LogP contribution in [0.1, 0.15) is 18.0 Å². The van der Waals surface area contributed by atoms with Crippen LogP contribution in [-0.4, -0.2) is 11.9 Å². The fourth-order valence-corrected chi connectivity index (χ4v) is 2.38. The molecule has 1 N–H and O–H groups in total. The van der Waals surface area contributed by atoms with Crippen LogP contribution in [0, 0.1) is 0 Å². The van der Waals surface area contributed by atoms with Crippen molar-refractivity contribution >= 4 is 17.1 Å². The molecular formula is C16H13F3N2. The zero-order valence-electron chi connectivity index (χ0n) is 11.1. The molecule has 21 heavy (non-hydrogen) atoms. The van der Waals surface area contributed by atoms with E-state index in [9.17, 15) is 13.2 Å². The monoisotopic (exact) mass is 290 g/mol. The Morgan fingerprint density at radius 3 is 2.33 bits per heavy atom. The van der Waals surface area contributed by atoms with Gasteiger partial charge in [-0.15, -0.1) is 0 Å². The van der Waals surface area contributed by atoms with Crippen LogP contribution >= 0.6 is 0 Å². The van der Waals surface area contributed by atoms with Gasteiger partial charge in [0.2, 0.25) is 0 Å². The van der Waals surface area contributed by atoms with Crippen LogP contribution in [0.2, 0.25) is 0 Å². The maximum atomic E-state index is 13.1. The summed E-state index contributed by atoms with van der Waals surface area (Å²) in [5.74, 6) is 0. The van der Waals surface area contributed by atoms with E-state index in [0.29, 0.717) is 11.4 Å². The number of anilines is 1. The highest BCUT2D eigenvalue weighted by Crippen LogP contribution is 2.37. The lowest BCUT2D eigenvalue weighted by Crippen LogP contribution is -2.26. The predicted octanol–water partition coefficient (Wildman–Crippen LogP) is 4.88. The van der Waals surface area contributed by atoms with E-state index in [-0.39, 0.29) is 6.42 Å². The third kappa shape index (κ3) is 2.91. The van der Waals surface area contributed by atoms with E-state index in [2.05, 4.69) is 10.3 Å². The van der Waals surface area contributed by atoms with Gasteiger partial charge in [-0.1, -0.05) is 42.5 Å². The van der Waals surface area contributed by atoms with Gasteiger partial charge in [-0.2, -0.15) is 13.2 Å². The average molecular weight is 290 g/mol. The third-order valence-electron chi connectivity index (χ3n) is 3.42. The van der Waals surface area contributed by atoms with Gasteiger partial charge in [0.25, 0.3) is 0 Å². The standard InChI is InChI=1S/C16H13F3N2/c17-16(18,19)15-10-14(11-6-2-1-3-7-11)20-12-8-4-5-9-13(12)21-15/h1-9,14,20H,10H2/t14-/m1/s1. The van der Waals surface area contributed by atoms with E-state index in [1.165, 1.54) is 0 Å². The van der Waals surface area contributed by atoms with E-state index in [0.717, 1.165) is 5.56 Å². The van der Waals surface area contributed by atoms with Gasteiger partial charge in [-0.05, 0) is 17.7 Å². The Labute approximate surface area is 120 Å². The Bertz CT molecular complexity index is 663. The van der Waals surface area contributed by atoms with Crippen molar-refractivity contribution in [1.82, 2.24) is 0 Å². The minimum Gasteiger partial charge on any atom is -0.376 e. The number of hydrogen-bond acceptors (Lipinski definition) is 2. The van der Waals surface area contributed by atoms with Crippen LogP contribution in [0.5, 0.6) is 0 Å². The van der Waals surface area contributed by atoms with E-state index in [1.807, 2.05) is 30.3 Å². The first-order valence-corrected chi connectivity index (χ1v) is 6.59. The summed E-state index contributed by atoms with van der Waals surface area (Å²) in [5.41, 5.74) is 0.994. The van der Waals surface area contributed by atoms with Crippen molar-refractivity contribution in [3.05, 3.63) is 60.2 Å². The number of halogens is 3. The molecule has 2 aromatic carbocycles. The van der Waals surface area contributed by atoms with Crippen molar-refractivity contribution < 1.29 is 13.2 Å². The van der Waals surface area contributed by atoms with E-state index in [4.69, 9.17) is 0 Å². The molecule has 0 aromatic heterocycles. The molecule has 0 bridgehead atoms. The second-order valence-corrected chi connectivity index (χ2v) is 4.89. The predicted molar refractivity (Wildman–Crippen MR) is 77.0 cm³/mol. The second-order valence-electron chi connectivity index (χ2n) is 4.89. The summed E-state index contributed by atoms with van der Waals surface area (Å²) in [5, 5.41) is 3.16. The maximum Gasteiger partial charge on any atom is 0.429 e. The number of fused-ring (bicyclic) bond motifs is 1. The summed E-state index contributed by atoms with van der Waals surface area (Å²) < 4.78 is 39.4. The summed E-state index contributed by atoms with van der Waals surface area (Å²) in [6.07, 6.45) is -4.62. The molecule has 3 rings (SSSR count). The molecule has 1 heterocycles. The first-order valence-electron chi connectivity index (χ1n) is 6.59. The molecule has 108 valence electrons. The van der Waals surface area contributed by atoms with Gasteiger partial charge in [0.15, 0.2) is 0 Å². The van der Waals surface area contributed by atoms with Crippen molar-refractivity contribution in [2.24, 2.45) is 4.99 Å². The number of benzene rings is 2. The Morgan fingerprint density at radius 2 is 1.62 bits per heavy atom. The number of nitrogens with zero attached hydrogens (tertiary/aromatic N) is 1. The van der Waals surface area contributed by atoms with Gasteiger partial charge < -0.3 is 5.32 Å². The Hall–Kier alpha value is -2.30. The number of rotatable bonds is 1. The van der Waals surface area contributed by atoms with Gasteiger partial charge in [0, 0.05) is 6.42 Å². The van der Waals surface area contributed by atoms with Crippen LogP contribution in [0.25, 0.3) is 0 Å². The molecule has 1 aliphatic heterocycles. The SMILES string of the molecule is FC(F)(F)C1=Nc2ccccc2N[C@@H](c2ccccc2)C1. The van der Waals surface area contributed by atoms with Crippen LogP contribution in [0.3, 0.4) is 0 Å².